The number of benzene rings is 1. The fourth-order valence-corrected chi connectivity index (χ4v) is 3.05. The zero-order valence-corrected chi connectivity index (χ0v) is 14.8. The number of hydrogen-bond donors (Lipinski definition) is 1. The van der Waals surface area contributed by atoms with Crippen LogP contribution in [-0.2, 0) is 18.3 Å². The van der Waals surface area contributed by atoms with E-state index < -0.39 is 5.60 Å². The number of likely N-dealkylation sites (tertiary alicyclic amines) is 1. The van der Waals surface area contributed by atoms with Gasteiger partial charge in [0, 0.05) is 26.2 Å². The Kier molecular flexibility index (Phi) is 5.08. The fraction of sp³-hybridized carbons (Fsp3) is 0.474. The van der Waals surface area contributed by atoms with E-state index in [0.29, 0.717) is 32.4 Å². The van der Waals surface area contributed by atoms with Crippen LogP contribution in [0.25, 0.3) is 0 Å². The van der Waals surface area contributed by atoms with Crippen molar-refractivity contribution in [3.8, 4) is 5.75 Å². The Morgan fingerprint density at radius 1 is 1.36 bits per heavy atom. The zero-order valence-electron chi connectivity index (χ0n) is 14.8. The first-order valence-electron chi connectivity index (χ1n) is 8.61. The monoisotopic (exact) mass is 343 g/mol. The summed E-state index contributed by atoms with van der Waals surface area (Å²) in [6, 6.07) is 7.74. The van der Waals surface area contributed by atoms with Crippen LogP contribution in [0.5, 0.6) is 5.75 Å². The van der Waals surface area contributed by atoms with Gasteiger partial charge in [-0.15, -0.1) is 0 Å². The van der Waals surface area contributed by atoms with E-state index >= 15 is 0 Å². The van der Waals surface area contributed by atoms with Gasteiger partial charge in [-0.05, 0) is 37.5 Å². The zero-order chi connectivity index (χ0) is 17.9. The third kappa shape index (κ3) is 4.60. The van der Waals surface area contributed by atoms with Gasteiger partial charge in [0.2, 0.25) is 5.91 Å². The molecule has 1 aromatic carbocycles. The smallest absolute Gasteiger partial charge is 0.223 e. The number of carbonyl (C=O) groups is 1. The number of aliphatic hydroxyl groups is 1. The molecule has 1 aliphatic rings. The van der Waals surface area contributed by atoms with Crippen LogP contribution in [0.15, 0.2) is 36.7 Å². The topological polar surface area (TPSA) is 67.6 Å². The number of hydrogen-bond acceptors (Lipinski definition) is 4. The maximum Gasteiger partial charge on any atom is 0.223 e. The van der Waals surface area contributed by atoms with Gasteiger partial charge in [-0.2, -0.15) is 5.10 Å². The summed E-state index contributed by atoms with van der Waals surface area (Å²) in [5, 5.41) is 14.8. The van der Waals surface area contributed by atoms with Crippen molar-refractivity contribution in [1.82, 2.24) is 14.7 Å². The third-order valence-corrected chi connectivity index (χ3v) is 4.60. The van der Waals surface area contributed by atoms with E-state index in [2.05, 4.69) is 5.10 Å². The number of rotatable bonds is 6. The molecular weight excluding hydrogens is 318 g/mol. The first-order valence-corrected chi connectivity index (χ1v) is 8.61. The second kappa shape index (κ2) is 7.27. The third-order valence-electron chi connectivity index (χ3n) is 4.60. The summed E-state index contributed by atoms with van der Waals surface area (Å²) in [4.78, 5) is 14.1. The molecule has 1 aromatic heterocycles. The molecule has 2 aromatic rings. The van der Waals surface area contributed by atoms with E-state index in [4.69, 9.17) is 4.74 Å². The van der Waals surface area contributed by atoms with Crippen LogP contribution in [0.1, 0.15) is 24.0 Å². The summed E-state index contributed by atoms with van der Waals surface area (Å²) in [6.45, 7) is 3.11. The van der Waals surface area contributed by atoms with Gasteiger partial charge in [-0.3, -0.25) is 9.48 Å². The normalized spacial score (nSPS) is 20.0. The summed E-state index contributed by atoms with van der Waals surface area (Å²) in [7, 11) is 1.86. The van der Waals surface area contributed by atoms with Crippen LogP contribution < -0.4 is 4.74 Å². The van der Waals surface area contributed by atoms with E-state index in [1.54, 1.807) is 15.8 Å². The van der Waals surface area contributed by atoms with Gasteiger partial charge in [-0.25, -0.2) is 0 Å². The molecule has 1 aliphatic heterocycles. The molecule has 1 unspecified atom stereocenters. The molecule has 0 bridgehead atoms. The quantitative estimate of drug-likeness (QED) is 0.867. The molecule has 1 atom stereocenters. The Balaban J connectivity index is 1.47. The molecule has 134 valence electrons. The highest BCUT2D eigenvalue weighted by molar-refractivity contribution is 5.76. The fourth-order valence-electron chi connectivity index (χ4n) is 3.05. The van der Waals surface area contributed by atoms with Crippen molar-refractivity contribution < 1.29 is 14.6 Å². The van der Waals surface area contributed by atoms with Crippen molar-refractivity contribution in [1.29, 1.82) is 0 Å². The second-order valence-electron chi connectivity index (χ2n) is 6.91. The Bertz CT molecular complexity index is 726. The van der Waals surface area contributed by atoms with Crippen LogP contribution in [0.2, 0.25) is 0 Å². The maximum atomic E-state index is 12.4. The minimum absolute atomic E-state index is 0.0649. The van der Waals surface area contributed by atoms with Crippen LogP contribution in [-0.4, -0.2) is 51.0 Å². The van der Waals surface area contributed by atoms with Crippen LogP contribution in [0.3, 0.4) is 0 Å². The molecule has 2 heterocycles. The summed E-state index contributed by atoms with van der Waals surface area (Å²) in [5.74, 6) is 0.801. The minimum Gasteiger partial charge on any atom is -0.491 e. The van der Waals surface area contributed by atoms with Gasteiger partial charge in [0.1, 0.15) is 18.0 Å². The highest BCUT2D eigenvalue weighted by atomic mass is 16.5. The van der Waals surface area contributed by atoms with E-state index in [1.807, 2.05) is 44.4 Å². The van der Waals surface area contributed by atoms with Crippen LogP contribution in [0, 0.1) is 6.92 Å². The molecule has 1 fully saturated rings. The summed E-state index contributed by atoms with van der Waals surface area (Å²) in [6.07, 6.45) is 5.34. The number of amides is 1. The lowest BCUT2D eigenvalue weighted by Gasteiger charge is -2.23. The van der Waals surface area contributed by atoms with Gasteiger partial charge in [-0.1, -0.05) is 17.7 Å². The predicted octanol–water partition coefficient (Wildman–Crippen LogP) is 1.70. The Morgan fingerprint density at radius 2 is 2.12 bits per heavy atom. The Morgan fingerprint density at radius 3 is 2.80 bits per heavy atom. The highest BCUT2D eigenvalue weighted by Crippen LogP contribution is 2.24. The molecule has 1 N–H and O–H groups in total. The Hall–Kier alpha value is -2.34. The number of aryl methyl sites for hydroxylation is 3. The SMILES string of the molecule is Cc1ccc(OCC2(O)CCN(C(=O)CCc3cnn(C)c3)C2)cc1. The van der Waals surface area contributed by atoms with Crippen molar-refractivity contribution in [2.24, 2.45) is 7.05 Å². The average molecular weight is 343 g/mol. The summed E-state index contributed by atoms with van der Waals surface area (Å²) < 4.78 is 7.44. The molecule has 0 aliphatic carbocycles. The number of aromatic nitrogens is 2. The summed E-state index contributed by atoms with van der Waals surface area (Å²) >= 11 is 0. The van der Waals surface area contributed by atoms with Crippen molar-refractivity contribution in [3.05, 3.63) is 47.8 Å². The molecule has 1 saturated heterocycles. The molecule has 25 heavy (non-hydrogen) atoms. The standard InChI is InChI=1S/C19H25N3O3/c1-15-3-6-17(7-4-15)25-14-19(24)9-10-22(13-19)18(23)8-5-16-11-20-21(2)12-16/h3-4,6-7,11-12,24H,5,8-10,13-14H2,1-2H3. The maximum absolute atomic E-state index is 12.4. The number of ether oxygens (including phenoxy) is 1. The lowest BCUT2D eigenvalue weighted by molar-refractivity contribution is -0.131. The van der Waals surface area contributed by atoms with E-state index in [1.165, 1.54) is 0 Å². The molecule has 0 radical (unpaired) electrons. The van der Waals surface area contributed by atoms with Gasteiger partial charge in [0.05, 0.1) is 12.7 Å². The van der Waals surface area contributed by atoms with Crippen molar-refractivity contribution in [3.63, 3.8) is 0 Å². The largest absolute Gasteiger partial charge is 0.491 e. The molecule has 0 spiro atoms. The van der Waals surface area contributed by atoms with Crippen LogP contribution in [0.4, 0.5) is 0 Å². The average Bonchev–Trinajstić information content (AvgIpc) is 3.19. The molecule has 6 heteroatoms. The van der Waals surface area contributed by atoms with Crippen molar-refractivity contribution >= 4 is 5.91 Å². The molecule has 6 nitrogen and oxygen atoms in total. The molecule has 0 saturated carbocycles. The van der Waals surface area contributed by atoms with Gasteiger partial charge >= 0.3 is 0 Å². The number of β-amino-alcohol motifs (C(OH)–C–C–N with tert-alkyl or cyclic N) is 1. The van der Waals surface area contributed by atoms with E-state index in [0.717, 1.165) is 16.9 Å². The predicted molar refractivity (Wildman–Crippen MR) is 94.3 cm³/mol. The Labute approximate surface area is 148 Å². The van der Waals surface area contributed by atoms with E-state index in [-0.39, 0.29) is 12.5 Å². The molecule has 3 rings (SSSR count). The van der Waals surface area contributed by atoms with Crippen molar-refractivity contribution in [2.75, 3.05) is 19.7 Å². The lowest BCUT2D eigenvalue weighted by atomic mass is 10.1. The molecule has 1 amide bonds. The van der Waals surface area contributed by atoms with Crippen molar-refractivity contribution in [2.45, 2.75) is 31.8 Å². The van der Waals surface area contributed by atoms with Crippen LogP contribution >= 0.6 is 0 Å². The summed E-state index contributed by atoms with van der Waals surface area (Å²) in [5.41, 5.74) is 1.24. The first kappa shape index (κ1) is 17.5. The van der Waals surface area contributed by atoms with Gasteiger partial charge < -0.3 is 14.7 Å². The number of nitrogens with zero attached hydrogens (tertiary/aromatic N) is 3. The highest BCUT2D eigenvalue weighted by Gasteiger charge is 2.38. The van der Waals surface area contributed by atoms with Gasteiger partial charge in [0.25, 0.3) is 0 Å². The molecular formula is C19H25N3O3. The number of carbonyl (C=O) groups excluding carboxylic acids is 1. The first-order chi connectivity index (χ1) is 11.9. The van der Waals surface area contributed by atoms with E-state index in [9.17, 15) is 9.90 Å². The second-order valence-corrected chi connectivity index (χ2v) is 6.91. The lowest BCUT2D eigenvalue weighted by Crippen LogP contribution is -2.40. The minimum atomic E-state index is -0.977. The van der Waals surface area contributed by atoms with Gasteiger partial charge in [0.15, 0.2) is 0 Å².